The van der Waals surface area contributed by atoms with E-state index < -0.39 is 24.7 Å². The Hall–Kier alpha value is -1.42. The lowest BCUT2D eigenvalue weighted by molar-refractivity contribution is -0.159. The second-order valence-electron chi connectivity index (χ2n) is 6.22. The van der Waals surface area contributed by atoms with Gasteiger partial charge >= 0.3 is 12.2 Å². The summed E-state index contributed by atoms with van der Waals surface area (Å²) in [6.45, 7) is 0.212. The van der Waals surface area contributed by atoms with Crippen molar-refractivity contribution in [1.82, 2.24) is 19.8 Å². The molecule has 1 atom stereocenters. The minimum atomic E-state index is -4.35. The number of halogens is 4. The molecule has 0 N–H and O–H groups in total. The van der Waals surface area contributed by atoms with Gasteiger partial charge in [0.1, 0.15) is 12.6 Å². The Balaban J connectivity index is 1.49. The standard InChI is InChI=1S/C15H18BrF3N4O2/c16-10-7-20-14(21-8-10)25-11-1-4-22(5-2-11)12-3-6-23(13(12)24)9-15(17,18)19/h7-8,11-12H,1-6,9H2. The largest absolute Gasteiger partial charge is 0.460 e. The molecule has 2 saturated heterocycles. The molecule has 25 heavy (non-hydrogen) atoms. The molecule has 2 aliphatic heterocycles. The van der Waals surface area contributed by atoms with Crippen LogP contribution in [0.3, 0.4) is 0 Å². The fraction of sp³-hybridized carbons (Fsp3) is 0.667. The van der Waals surface area contributed by atoms with Crippen molar-refractivity contribution in [3.63, 3.8) is 0 Å². The molecule has 2 fully saturated rings. The van der Waals surface area contributed by atoms with E-state index in [0.717, 1.165) is 9.37 Å². The van der Waals surface area contributed by atoms with E-state index >= 15 is 0 Å². The van der Waals surface area contributed by atoms with Crippen molar-refractivity contribution >= 4 is 21.8 Å². The molecule has 138 valence electrons. The topological polar surface area (TPSA) is 58.6 Å². The minimum absolute atomic E-state index is 0.0554. The lowest BCUT2D eigenvalue weighted by atomic mass is 10.0. The third-order valence-electron chi connectivity index (χ3n) is 4.43. The molecule has 1 unspecified atom stereocenters. The normalized spacial score (nSPS) is 23.3. The van der Waals surface area contributed by atoms with Crippen LogP contribution in [0.2, 0.25) is 0 Å². The van der Waals surface area contributed by atoms with E-state index in [1.54, 1.807) is 12.4 Å². The molecule has 3 heterocycles. The first kappa shape index (κ1) is 18.4. The van der Waals surface area contributed by atoms with Crippen LogP contribution in [0, 0.1) is 0 Å². The summed E-state index contributed by atoms with van der Waals surface area (Å²) in [5, 5.41) is 0. The van der Waals surface area contributed by atoms with Crippen molar-refractivity contribution in [2.45, 2.75) is 37.6 Å². The molecule has 0 spiro atoms. The molecule has 0 bridgehead atoms. The first-order valence-corrected chi connectivity index (χ1v) is 8.85. The number of carbonyl (C=O) groups is 1. The maximum Gasteiger partial charge on any atom is 0.406 e. The van der Waals surface area contributed by atoms with Gasteiger partial charge in [-0.1, -0.05) is 0 Å². The van der Waals surface area contributed by atoms with Crippen molar-refractivity contribution < 1.29 is 22.7 Å². The smallest absolute Gasteiger partial charge is 0.406 e. The number of carbonyl (C=O) groups excluding carboxylic acids is 1. The number of rotatable bonds is 4. The number of ether oxygens (including phenoxy) is 1. The number of hydrogen-bond donors (Lipinski definition) is 0. The van der Waals surface area contributed by atoms with Crippen LogP contribution >= 0.6 is 15.9 Å². The van der Waals surface area contributed by atoms with E-state index in [1.165, 1.54) is 0 Å². The molecule has 0 aromatic carbocycles. The zero-order valence-corrected chi connectivity index (χ0v) is 15.0. The van der Waals surface area contributed by atoms with Crippen LogP contribution in [0.25, 0.3) is 0 Å². The number of hydrogen-bond acceptors (Lipinski definition) is 5. The Kier molecular flexibility index (Phi) is 5.47. The van der Waals surface area contributed by atoms with Crippen LogP contribution in [0.5, 0.6) is 6.01 Å². The Morgan fingerprint density at radius 3 is 2.40 bits per heavy atom. The zero-order chi connectivity index (χ0) is 18.0. The van der Waals surface area contributed by atoms with E-state index in [2.05, 4.69) is 25.9 Å². The predicted octanol–water partition coefficient (Wildman–Crippen LogP) is 2.25. The van der Waals surface area contributed by atoms with Crippen molar-refractivity contribution in [1.29, 1.82) is 0 Å². The number of alkyl halides is 3. The van der Waals surface area contributed by atoms with Crippen LogP contribution < -0.4 is 4.74 Å². The molecule has 1 amide bonds. The maximum absolute atomic E-state index is 12.5. The second kappa shape index (κ2) is 7.45. The van der Waals surface area contributed by atoms with E-state index in [1.807, 2.05) is 4.90 Å². The Bertz CT molecular complexity index is 606. The molecule has 10 heteroatoms. The summed E-state index contributed by atoms with van der Waals surface area (Å²) >= 11 is 3.25. The average Bonchev–Trinajstić information content (AvgIpc) is 2.90. The van der Waals surface area contributed by atoms with Crippen molar-refractivity contribution in [3.8, 4) is 6.01 Å². The summed E-state index contributed by atoms with van der Waals surface area (Å²) in [5.41, 5.74) is 0. The summed E-state index contributed by atoms with van der Waals surface area (Å²) in [4.78, 5) is 23.2. The van der Waals surface area contributed by atoms with Crippen molar-refractivity contribution in [2.24, 2.45) is 0 Å². The maximum atomic E-state index is 12.5. The summed E-state index contributed by atoms with van der Waals surface area (Å²) in [6, 6.07) is -0.151. The number of piperidine rings is 1. The van der Waals surface area contributed by atoms with Gasteiger partial charge in [0.2, 0.25) is 5.91 Å². The van der Waals surface area contributed by atoms with Gasteiger partial charge in [0.25, 0.3) is 0 Å². The first-order chi connectivity index (χ1) is 11.8. The van der Waals surface area contributed by atoms with E-state index in [-0.39, 0.29) is 12.6 Å². The second-order valence-corrected chi connectivity index (χ2v) is 7.13. The van der Waals surface area contributed by atoms with Crippen LogP contribution in [0.4, 0.5) is 13.2 Å². The van der Waals surface area contributed by atoms with Gasteiger partial charge in [0, 0.05) is 32.0 Å². The molecule has 2 aliphatic rings. The lowest BCUT2D eigenvalue weighted by Crippen LogP contribution is -2.48. The van der Waals surface area contributed by atoms with Gasteiger partial charge in [-0.2, -0.15) is 13.2 Å². The fourth-order valence-corrected chi connectivity index (χ4v) is 3.46. The third-order valence-corrected chi connectivity index (χ3v) is 4.83. The van der Waals surface area contributed by atoms with Gasteiger partial charge in [-0.05, 0) is 35.2 Å². The molecule has 3 rings (SSSR count). The van der Waals surface area contributed by atoms with Gasteiger partial charge in [-0.3, -0.25) is 9.69 Å². The average molecular weight is 423 g/mol. The van der Waals surface area contributed by atoms with Gasteiger partial charge < -0.3 is 9.64 Å². The van der Waals surface area contributed by atoms with Crippen LogP contribution in [0.1, 0.15) is 19.3 Å². The fourth-order valence-electron chi connectivity index (χ4n) is 3.25. The summed E-state index contributed by atoms with van der Waals surface area (Å²) in [6.07, 6.45) is 0.602. The molecule has 6 nitrogen and oxygen atoms in total. The quantitative estimate of drug-likeness (QED) is 0.744. The van der Waals surface area contributed by atoms with E-state index in [4.69, 9.17) is 4.74 Å². The highest BCUT2D eigenvalue weighted by Crippen LogP contribution is 2.26. The van der Waals surface area contributed by atoms with Gasteiger partial charge in [-0.25, -0.2) is 9.97 Å². The Labute approximate surface area is 151 Å². The first-order valence-electron chi connectivity index (χ1n) is 8.05. The number of nitrogens with zero attached hydrogens (tertiary/aromatic N) is 4. The Morgan fingerprint density at radius 1 is 1.16 bits per heavy atom. The van der Waals surface area contributed by atoms with E-state index in [0.29, 0.717) is 38.4 Å². The minimum Gasteiger partial charge on any atom is -0.460 e. The van der Waals surface area contributed by atoms with Crippen molar-refractivity contribution in [3.05, 3.63) is 16.9 Å². The Morgan fingerprint density at radius 2 is 1.80 bits per heavy atom. The van der Waals surface area contributed by atoms with Crippen LogP contribution in [-0.2, 0) is 4.79 Å². The molecule has 0 radical (unpaired) electrons. The molecular formula is C15H18BrF3N4O2. The van der Waals surface area contributed by atoms with Crippen LogP contribution in [0.15, 0.2) is 16.9 Å². The summed E-state index contributed by atoms with van der Waals surface area (Å²) in [7, 11) is 0. The molecule has 0 saturated carbocycles. The summed E-state index contributed by atoms with van der Waals surface area (Å²) < 4.78 is 44.0. The lowest BCUT2D eigenvalue weighted by Gasteiger charge is -2.34. The van der Waals surface area contributed by atoms with Gasteiger partial charge in [0.15, 0.2) is 0 Å². The SMILES string of the molecule is O=C1C(N2CCC(Oc3ncc(Br)cn3)CC2)CCN1CC(F)(F)F. The molecule has 1 aromatic heterocycles. The summed E-state index contributed by atoms with van der Waals surface area (Å²) in [5.74, 6) is -0.423. The highest BCUT2D eigenvalue weighted by molar-refractivity contribution is 9.10. The number of likely N-dealkylation sites (tertiary alicyclic amines) is 2. The highest BCUT2D eigenvalue weighted by atomic mass is 79.9. The highest BCUT2D eigenvalue weighted by Gasteiger charge is 2.42. The zero-order valence-electron chi connectivity index (χ0n) is 13.4. The molecular weight excluding hydrogens is 405 g/mol. The van der Waals surface area contributed by atoms with Gasteiger partial charge in [-0.15, -0.1) is 0 Å². The number of aromatic nitrogens is 2. The molecule has 1 aromatic rings. The monoisotopic (exact) mass is 422 g/mol. The number of amides is 1. The third kappa shape index (κ3) is 4.81. The van der Waals surface area contributed by atoms with Crippen molar-refractivity contribution in [2.75, 3.05) is 26.2 Å². The van der Waals surface area contributed by atoms with Crippen LogP contribution in [-0.4, -0.2) is 70.2 Å². The van der Waals surface area contributed by atoms with Gasteiger partial charge in [0.05, 0.1) is 10.5 Å². The predicted molar refractivity (Wildman–Crippen MR) is 86.0 cm³/mol. The molecule has 0 aliphatic carbocycles. The van der Waals surface area contributed by atoms with E-state index in [9.17, 15) is 18.0 Å².